The van der Waals surface area contributed by atoms with Gasteiger partial charge in [-0.25, -0.2) is 4.98 Å². The van der Waals surface area contributed by atoms with E-state index in [0.717, 1.165) is 10.9 Å². The summed E-state index contributed by atoms with van der Waals surface area (Å²) in [7, 11) is 0. The van der Waals surface area contributed by atoms with Crippen molar-refractivity contribution in [2.45, 2.75) is 6.42 Å². The smallest absolute Gasteiger partial charge is 0.145 e. The van der Waals surface area contributed by atoms with E-state index in [-0.39, 0.29) is 6.42 Å². The zero-order valence-electron chi connectivity index (χ0n) is 8.37. The second-order valence-corrected chi connectivity index (χ2v) is 3.51. The highest BCUT2D eigenvalue weighted by Gasteiger charge is 2.01. The van der Waals surface area contributed by atoms with Gasteiger partial charge in [-0.15, -0.1) is 0 Å². The van der Waals surface area contributed by atoms with E-state index in [1.54, 1.807) is 0 Å². The topological polar surface area (TPSA) is 36.7 Å². The molecule has 0 spiro atoms. The van der Waals surface area contributed by atoms with Crippen molar-refractivity contribution in [2.75, 3.05) is 0 Å². The second-order valence-electron chi connectivity index (χ2n) is 3.16. The summed E-state index contributed by atoms with van der Waals surface area (Å²) < 4.78 is 0. The molecule has 2 rings (SSSR count). The minimum absolute atomic E-state index is 0.198. The van der Waals surface area contributed by atoms with E-state index in [4.69, 9.17) is 16.9 Å². The molecule has 0 N–H and O–H groups in total. The molecule has 2 nitrogen and oxygen atoms in total. The minimum atomic E-state index is 0.198. The van der Waals surface area contributed by atoms with Crippen LogP contribution < -0.4 is 0 Å². The molecule has 1 heterocycles. The molecule has 0 saturated heterocycles. The third-order valence-corrected chi connectivity index (χ3v) is 2.36. The molecule has 0 amide bonds. The van der Waals surface area contributed by atoms with Gasteiger partial charge in [0.2, 0.25) is 0 Å². The number of nitriles is 1. The van der Waals surface area contributed by atoms with Gasteiger partial charge in [-0.2, -0.15) is 5.26 Å². The SMILES string of the molecule is N#CCC#Cc1cc2ccccc2nc1Cl. The molecule has 2 aromatic rings. The molecular weight excluding hydrogens is 220 g/mol. The van der Waals surface area contributed by atoms with Crippen LogP contribution in [0.15, 0.2) is 30.3 Å². The highest BCUT2D eigenvalue weighted by atomic mass is 35.5. The highest BCUT2D eigenvalue weighted by molar-refractivity contribution is 6.31. The quantitative estimate of drug-likeness (QED) is 0.511. The molecular formula is C13H7ClN2. The Morgan fingerprint density at radius 1 is 1.31 bits per heavy atom. The van der Waals surface area contributed by atoms with Crippen LogP contribution >= 0.6 is 11.6 Å². The van der Waals surface area contributed by atoms with Crippen LogP contribution in [0.25, 0.3) is 10.9 Å². The van der Waals surface area contributed by atoms with Crippen LogP contribution in [-0.4, -0.2) is 4.98 Å². The summed E-state index contributed by atoms with van der Waals surface area (Å²) in [6.07, 6.45) is 0.198. The number of halogens is 1. The lowest BCUT2D eigenvalue weighted by Gasteiger charge is -1.99. The van der Waals surface area contributed by atoms with Crippen LogP contribution in [0.5, 0.6) is 0 Å². The normalized spacial score (nSPS) is 9.25. The van der Waals surface area contributed by atoms with Crippen LogP contribution in [0.1, 0.15) is 12.0 Å². The third kappa shape index (κ3) is 2.14. The zero-order chi connectivity index (χ0) is 11.4. The number of para-hydroxylation sites is 1. The number of hydrogen-bond donors (Lipinski definition) is 0. The highest BCUT2D eigenvalue weighted by Crippen LogP contribution is 2.19. The van der Waals surface area contributed by atoms with Crippen LogP contribution in [0, 0.1) is 23.2 Å². The summed E-state index contributed by atoms with van der Waals surface area (Å²) in [6.45, 7) is 0. The maximum absolute atomic E-state index is 8.38. The predicted octanol–water partition coefficient (Wildman–Crippen LogP) is 3.15. The van der Waals surface area contributed by atoms with Crippen molar-refractivity contribution in [3.63, 3.8) is 0 Å². The number of nitrogens with zero attached hydrogens (tertiary/aromatic N) is 2. The Hall–Kier alpha value is -2.03. The van der Waals surface area contributed by atoms with Gasteiger partial charge in [0, 0.05) is 5.39 Å². The predicted molar refractivity (Wildman–Crippen MR) is 63.9 cm³/mol. The van der Waals surface area contributed by atoms with Crippen molar-refractivity contribution in [1.29, 1.82) is 5.26 Å². The maximum atomic E-state index is 8.38. The van der Waals surface area contributed by atoms with Crippen molar-refractivity contribution in [3.8, 4) is 17.9 Å². The van der Waals surface area contributed by atoms with Gasteiger partial charge in [-0.3, -0.25) is 0 Å². The molecule has 0 fully saturated rings. The zero-order valence-corrected chi connectivity index (χ0v) is 9.12. The standard InChI is InChI=1S/C13H7ClN2/c14-13-11(6-3-4-8-15)9-10-5-1-2-7-12(10)16-13/h1-2,5,7,9H,4H2. The first-order valence-electron chi connectivity index (χ1n) is 4.72. The Morgan fingerprint density at radius 2 is 2.12 bits per heavy atom. The summed E-state index contributed by atoms with van der Waals surface area (Å²) in [4.78, 5) is 4.23. The van der Waals surface area contributed by atoms with Crippen molar-refractivity contribution >= 4 is 22.5 Å². The van der Waals surface area contributed by atoms with Crippen LogP contribution in [0.4, 0.5) is 0 Å². The van der Waals surface area contributed by atoms with Crippen molar-refractivity contribution in [2.24, 2.45) is 0 Å². The fraction of sp³-hybridized carbons (Fsp3) is 0.0769. The molecule has 0 unspecified atom stereocenters. The van der Waals surface area contributed by atoms with Gasteiger partial charge in [0.05, 0.1) is 23.6 Å². The summed E-state index contributed by atoms with van der Waals surface area (Å²) >= 11 is 5.99. The molecule has 0 radical (unpaired) electrons. The van der Waals surface area contributed by atoms with Gasteiger partial charge in [-0.05, 0) is 12.1 Å². The molecule has 0 bridgehead atoms. The van der Waals surface area contributed by atoms with Crippen LogP contribution in [0.3, 0.4) is 0 Å². The minimum Gasteiger partial charge on any atom is -0.235 e. The van der Waals surface area contributed by atoms with Crippen LogP contribution in [0.2, 0.25) is 5.15 Å². The molecule has 0 aliphatic heterocycles. The largest absolute Gasteiger partial charge is 0.235 e. The van der Waals surface area contributed by atoms with Gasteiger partial charge >= 0.3 is 0 Å². The summed E-state index contributed by atoms with van der Waals surface area (Å²) in [6, 6.07) is 11.5. The first-order valence-corrected chi connectivity index (χ1v) is 5.10. The van der Waals surface area contributed by atoms with Crippen molar-refractivity contribution in [1.82, 2.24) is 4.98 Å². The summed E-state index contributed by atoms with van der Waals surface area (Å²) in [5.74, 6) is 5.56. The van der Waals surface area contributed by atoms with E-state index >= 15 is 0 Å². The lowest BCUT2D eigenvalue weighted by molar-refractivity contribution is 1.38. The number of fused-ring (bicyclic) bond motifs is 1. The van der Waals surface area contributed by atoms with Gasteiger partial charge in [-0.1, -0.05) is 41.6 Å². The van der Waals surface area contributed by atoms with Crippen molar-refractivity contribution < 1.29 is 0 Å². The van der Waals surface area contributed by atoms with E-state index in [2.05, 4.69) is 16.8 Å². The maximum Gasteiger partial charge on any atom is 0.145 e. The number of rotatable bonds is 0. The Bertz CT molecular complexity index is 630. The van der Waals surface area contributed by atoms with Crippen molar-refractivity contribution in [3.05, 3.63) is 41.0 Å². The Balaban J connectivity index is 2.52. The lowest BCUT2D eigenvalue weighted by Crippen LogP contribution is -1.85. The summed E-state index contributed by atoms with van der Waals surface area (Å²) in [5, 5.41) is 9.76. The molecule has 3 heteroatoms. The van der Waals surface area contributed by atoms with Crippen LogP contribution in [-0.2, 0) is 0 Å². The van der Waals surface area contributed by atoms with Gasteiger partial charge < -0.3 is 0 Å². The molecule has 0 aliphatic rings. The van der Waals surface area contributed by atoms with Gasteiger partial charge in [0.15, 0.2) is 0 Å². The van der Waals surface area contributed by atoms with E-state index in [9.17, 15) is 0 Å². The van der Waals surface area contributed by atoms with E-state index < -0.39 is 0 Å². The first kappa shape index (κ1) is 10.5. The number of hydrogen-bond acceptors (Lipinski definition) is 2. The summed E-state index contributed by atoms with van der Waals surface area (Å²) in [5.41, 5.74) is 1.51. The monoisotopic (exact) mass is 226 g/mol. The molecule has 76 valence electrons. The fourth-order valence-electron chi connectivity index (χ4n) is 1.36. The molecule has 0 aliphatic carbocycles. The molecule has 16 heavy (non-hydrogen) atoms. The Kier molecular flexibility index (Phi) is 3.05. The van der Waals surface area contributed by atoms with Gasteiger partial charge in [0.25, 0.3) is 0 Å². The number of aromatic nitrogens is 1. The molecule has 0 saturated carbocycles. The number of pyridine rings is 1. The number of benzene rings is 1. The van der Waals surface area contributed by atoms with Gasteiger partial charge in [0.1, 0.15) is 5.15 Å². The molecule has 1 aromatic carbocycles. The first-order chi connectivity index (χ1) is 7.81. The third-order valence-electron chi connectivity index (χ3n) is 2.07. The van der Waals surface area contributed by atoms with E-state index in [0.29, 0.717) is 10.7 Å². The lowest BCUT2D eigenvalue weighted by atomic mass is 10.1. The Morgan fingerprint density at radius 3 is 2.94 bits per heavy atom. The molecule has 1 aromatic heterocycles. The average Bonchev–Trinajstić information content (AvgIpc) is 2.30. The second kappa shape index (κ2) is 4.66. The Labute approximate surface area is 98.5 Å². The molecule has 0 atom stereocenters. The van der Waals surface area contributed by atoms with E-state index in [1.807, 2.05) is 36.4 Å². The average molecular weight is 227 g/mol. The van der Waals surface area contributed by atoms with E-state index in [1.165, 1.54) is 0 Å². The fourth-order valence-corrected chi connectivity index (χ4v) is 1.55.